The number of carbonyl (C=O) groups excluding carboxylic acids is 2. The molecular weight excluding hydrogens is 288 g/mol. The Balaban J connectivity index is 1.83. The van der Waals surface area contributed by atoms with Gasteiger partial charge in [0.2, 0.25) is 5.78 Å². The van der Waals surface area contributed by atoms with Crippen LogP contribution in [-0.2, 0) is 4.74 Å². The van der Waals surface area contributed by atoms with Crippen molar-refractivity contribution in [3.8, 4) is 11.5 Å². The molecule has 1 heterocycles. The maximum Gasteiger partial charge on any atom is 0.338 e. The van der Waals surface area contributed by atoms with Crippen molar-refractivity contribution >= 4 is 11.8 Å². The van der Waals surface area contributed by atoms with Gasteiger partial charge in [-0.05, 0) is 24.3 Å². The molecule has 2 aromatic carbocycles. The zero-order chi connectivity index (χ0) is 15.5. The van der Waals surface area contributed by atoms with Crippen molar-refractivity contribution in [3.63, 3.8) is 0 Å². The lowest BCUT2D eigenvalue weighted by molar-refractivity contribution is -0.138. The van der Waals surface area contributed by atoms with Crippen LogP contribution in [0.3, 0.4) is 0 Å². The molecule has 1 aliphatic rings. The van der Waals surface area contributed by atoms with Gasteiger partial charge in [0.25, 0.3) is 0 Å². The first-order valence-corrected chi connectivity index (χ1v) is 6.58. The van der Waals surface area contributed by atoms with Crippen LogP contribution in [0, 0.1) is 0 Å². The molecule has 0 saturated carbocycles. The van der Waals surface area contributed by atoms with Crippen molar-refractivity contribution in [3.05, 3.63) is 59.7 Å². The summed E-state index contributed by atoms with van der Waals surface area (Å²) in [5.41, 5.74) is 0.398. The summed E-state index contributed by atoms with van der Waals surface area (Å²) in [4.78, 5) is 28.6. The van der Waals surface area contributed by atoms with Gasteiger partial charge in [0.05, 0.1) is 5.56 Å². The fraction of sp³-hybridized carbons (Fsp3) is 0.125. The fourth-order valence-electron chi connectivity index (χ4n) is 2.21. The lowest BCUT2D eigenvalue weighted by atomic mass is 10.0. The minimum Gasteiger partial charge on any atom is -0.488 e. The number of esters is 1. The molecule has 0 bridgehead atoms. The van der Waals surface area contributed by atoms with Crippen molar-refractivity contribution in [2.24, 2.45) is 0 Å². The molecule has 1 aliphatic heterocycles. The van der Waals surface area contributed by atoms with Gasteiger partial charge < -0.3 is 14.4 Å². The summed E-state index contributed by atoms with van der Waals surface area (Å²) in [6, 6.07) is 12.9. The Labute approximate surface area is 125 Å². The van der Waals surface area contributed by atoms with Crippen LogP contribution in [-0.4, -0.2) is 29.7 Å². The molecule has 0 saturated heterocycles. The Morgan fingerprint density at radius 2 is 1.91 bits per heavy atom. The number of ketones is 1. The summed E-state index contributed by atoms with van der Waals surface area (Å²) in [5, 5.41) is 8.84. The van der Waals surface area contributed by atoms with E-state index in [2.05, 4.69) is 4.89 Å². The lowest BCUT2D eigenvalue weighted by Crippen LogP contribution is -2.37. The highest BCUT2D eigenvalue weighted by Gasteiger charge is 2.35. The summed E-state index contributed by atoms with van der Waals surface area (Å²) in [6.07, 6.45) is -1.09. The van der Waals surface area contributed by atoms with Gasteiger partial charge >= 0.3 is 5.97 Å². The first-order valence-electron chi connectivity index (χ1n) is 6.58. The Morgan fingerprint density at radius 1 is 1.14 bits per heavy atom. The zero-order valence-corrected chi connectivity index (χ0v) is 11.4. The van der Waals surface area contributed by atoms with E-state index in [1.807, 2.05) is 0 Å². The molecule has 6 heteroatoms. The Hall–Kier alpha value is -2.86. The highest BCUT2D eigenvalue weighted by atomic mass is 17.1. The van der Waals surface area contributed by atoms with Crippen molar-refractivity contribution in [2.75, 3.05) is 6.61 Å². The molecule has 0 aliphatic carbocycles. The molecule has 0 aromatic heterocycles. The predicted molar refractivity (Wildman–Crippen MR) is 75.2 cm³/mol. The topological polar surface area (TPSA) is 82.1 Å². The Bertz CT molecular complexity index is 696. The van der Waals surface area contributed by atoms with Gasteiger partial charge in [-0.15, -0.1) is 0 Å². The first kappa shape index (κ1) is 14.1. The zero-order valence-electron chi connectivity index (χ0n) is 11.4. The molecule has 0 amide bonds. The molecule has 6 nitrogen and oxygen atoms in total. The van der Waals surface area contributed by atoms with Crippen molar-refractivity contribution in [1.29, 1.82) is 0 Å². The first-order chi connectivity index (χ1) is 10.7. The lowest BCUT2D eigenvalue weighted by Gasteiger charge is -2.24. The maximum absolute atomic E-state index is 12.4. The number of carbonyl (C=O) groups is 2. The van der Waals surface area contributed by atoms with E-state index in [0.29, 0.717) is 5.56 Å². The number of benzene rings is 2. The van der Waals surface area contributed by atoms with E-state index in [0.717, 1.165) is 0 Å². The smallest absolute Gasteiger partial charge is 0.338 e. The number of hydrogen-bond donors (Lipinski definition) is 1. The van der Waals surface area contributed by atoms with E-state index in [-0.39, 0.29) is 23.7 Å². The van der Waals surface area contributed by atoms with Crippen molar-refractivity contribution < 1.29 is 29.2 Å². The van der Waals surface area contributed by atoms with Gasteiger partial charge in [0.1, 0.15) is 17.9 Å². The average molecular weight is 300 g/mol. The monoisotopic (exact) mass is 300 g/mol. The summed E-state index contributed by atoms with van der Waals surface area (Å²) in [5.74, 6) is -0.852. The SMILES string of the molecule is O=C(OC1COc2cccc(OO)c2C1=O)c1ccccc1. The number of rotatable bonds is 3. The average Bonchev–Trinajstić information content (AvgIpc) is 2.57. The summed E-state index contributed by atoms with van der Waals surface area (Å²) >= 11 is 0. The molecule has 3 rings (SSSR count). The molecule has 112 valence electrons. The highest BCUT2D eigenvalue weighted by Crippen LogP contribution is 2.33. The van der Waals surface area contributed by atoms with E-state index >= 15 is 0 Å². The van der Waals surface area contributed by atoms with Crippen LogP contribution in [0.4, 0.5) is 0 Å². The molecule has 22 heavy (non-hydrogen) atoms. The highest BCUT2D eigenvalue weighted by molar-refractivity contribution is 6.06. The molecule has 0 spiro atoms. The van der Waals surface area contributed by atoms with Gasteiger partial charge in [-0.2, -0.15) is 0 Å². The van der Waals surface area contributed by atoms with E-state index in [1.54, 1.807) is 42.5 Å². The van der Waals surface area contributed by atoms with E-state index < -0.39 is 17.9 Å². The van der Waals surface area contributed by atoms with Crippen LogP contribution < -0.4 is 9.62 Å². The Morgan fingerprint density at radius 3 is 2.64 bits per heavy atom. The van der Waals surface area contributed by atoms with Crippen LogP contribution in [0.1, 0.15) is 20.7 Å². The van der Waals surface area contributed by atoms with Gasteiger partial charge in [0, 0.05) is 0 Å². The summed E-state index contributed by atoms with van der Waals surface area (Å²) in [6.45, 7) is -0.0840. The van der Waals surface area contributed by atoms with Gasteiger partial charge in [-0.25, -0.2) is 10.1 Å². The second-order valence-corrected chi connectivity index (χ2v) is 4.66. The number of fused-ring (bicyclic) bond motifs is 1. The number of hydrogen-bond acceptors (Lipinski definition) is 6. The van der Waals surface area contributed by atoms with Crippen LogP contribution in [0.25, 0.3) is 0 Å². The number of ether oxygens (including phenoxy) is 2. The van der Waals surface area contributed by atoms with Gasteiger partial charge in [-0.3, -0.25) is 4.79 Å². The summed E-state index contributed by atoms with van der Waals surface area (Å²) in [7, 11) is 0. The molecule has 0 fully saturated rings. The second kappa shape index (κ2) is 5.87. The maximum atomic E-state index is 12.4. The van der Waals surface area contributed by atoms with Gasteiger partial charge in [0.15, 0.2) is 11.9 Å². The molecule has 1 unspecified atom stereocenters. The third-order valence-corrected chi connectivity index (χ3v) is 3.27. The van der Waals surface area contributed by atoms with E-state index in [9.17, 15) is 9.59 Å². The quantitative estimate of drug-likeness (QED) is 0.532. The minimum atomic E-state index is -1.09. The van der Waals surface area contributed by atoms with Crippen LogP contribution in [0.2, 0.25) is 0 Å². The normalized spacial score (nSPS) is 16.4. The molecule has 2 aromatic rings. The molecule has 1 N–H and O–H groups in total. The number of Topliss-reactive ketones (excluding diaryl/α,β-unsaturated/α-hetero) is 1. The third-order valence-electron chi connectivity index (χ3n) is 3.27. The standard InChI is InChI=1S/C16H12O6/c17-15-13(21-16(18)10-5-2-1-3-6-10)9-20-11-7-4-8-12(22-19)14(11)15/h1-8,13,19H,9H2. The van der Waals surface area contributed by atoms with Crippen LogP contribution in [0.15, 0.2) is 48.5 Å². The molecular formula is C16H12O6. The molecule has 1 atom stereocenters. The van der Waals surface area contributed by atoms with Gasteiger partial charge in [-0.1, -0.05) is 24.3 Å². The summed E-state index contributed by atoms with van der Waals surface area (Å²) < 4.78 is 10.6. The third kappa shape index (κ3) is 2.51. The van der Waals surface area contributed by atoms with Crippen LogP contribution >= 0.6 is 0 Å². The Kier molecular flexibility index (Phi) is 3.76. The van der Waals surface area contributed by atoms with E-state index in [4.69, 9.17) is 14.7 Å². The fourth-order valence-corrected chi connectivity index (χ4v) is 2.21. The molecule has 0 radical (unpaired) electrons. The largest absolute Gasteiger partial charge is 0.488 e. The van der Waals surface area contributed by atoms with Crippen LogP contribution in [0.5, 0.6) is 11.5 Å². The minimum absolute atomic E-state index is 0.0389. The van der Waals surface area contributed by atoms with Crippen molar-refractivity contribution in [1.82, 2.24) is 0 Å². The van der Waals surface area contributed by atoms with E-state index in [1.165, 1.54) is 6.07 Å². The van der Waals surface area contributed by atoms with Crippen molar-refractivity contribution in [2.45, 2.75) is 6.10 Å². The second-order valence-electron chi connectivity index (χ2n) is 4.66. The predicted octanol–water partition coefficient (Wildman–Crippen LogP) is 2.34.